The van der Waals surface area contributed by atoms with Crippen molar-refractivity contribution in [3.63, 3.8) is 0 Å². The average molecular weight is 413 g/mol. The molecule has 3 fully saturated rings. The van der Waals surface area contributed by atoms with Crippen LogP contribution in [0.1, 0.15) is 40.0 Å². The zero-order valence-corrected chi connectivity index (χ0v) is 17.3. The molecule has 0 spiro atoms. The number of hydrogen-bond donors (Lipinski definition) is 2. The summed E-state index contributed by atoms with van der Waals surface area (Å²) in [5.74, 6) is -0.682. The quantitative estimate of drug-likeness (QED) is 0.649. The minimum Gasteiger partial charge on any atom is -0.390 e. The monoisotopic (exact) mass is 412 g/mol. The number of alkyl halides is 2. The Labute approximate surface area is 169 Å². The van der Waals surface area contributed by atoms with Crippen LogP contribution in [-0.4, -0.2) is 44.2 Å². The molecule has 0 amide bonds. The van der Waals surface area contributed by atoms with Crippen LogP contribution in [0.2, 0.25) is 0 Å². The van der Waals surface area contributed by atoms with Crippen LogP contribution in [0.4, 0.5) is 0 Å². The van der Waals surface area contributed by atoms with Crippen LogP contribution in [0.5, 0.6) is 0 Å². The standard InChI is InChI=1S/C21H26Cl2O4/c1-10(24)12-4-5-13-16-18(27)17(26)14-8-11(25)6-7-20(14,3)21(16,23)15(22)9-19(12,13)2/h6-8,12-13,15-18,26-27H,4-5,9H2,1-3H3/t12-,13+,15?,16-,17?,18?,19-,20+,21-/m1/s1. The molecule has 3 unspecified atom stereocenters. The summed E-state index contributed by atoms with van der Waals surface area (Å²) in [5.41, 5.74) is -0.758. The number of rotatable bonds is 1. The molecular weight excluding hydrogens is 387 g/mol. The van der Waals surface area contributed by atoms with E-state index in [-0.39, 0.29) is 28.8 Å². The van der Waals surface area contributed by atoms with Gasteiger partial charge in [0.25, 0.3) is 0 Å². The van der Waals surface area contributed by atoms with Crippen molar-refractivity contribution in [3.8, 4) is 0 Å². The van der Waals surface area contributed by atoms with E-state index in [1.165, 1.54) is 12.2 Å². The van der Waals surface area contributed by atoms with Gasteiger partial charge in [0, 0.05) is 17.3 Å². The molecule has 0 radical (unpaired) electrons. The largest absolute Gasteiger partial charge is 0.390 e. The van der Waals surface area contributed by atoms with Crippen molar-refractivity contribution in [1.82, 2.24) is 0 Å². The second kappa shape index (κ2) is 5.91. The van der Waals surface area contributed by atoms with Crippen LogP contribution < -0.4 is 0 Å². The molecule has 0 aromatic carbocycles. The van der Waals surface area contributed by atoms with Gasteiger partial charge >= 0.3 is 0 Å². The molecule has 0 saturated heterocycles. The maximum atomic E-state index is 12.3. The van der Waals surface area contributed by atoms with Crippen LogP contribution in [0, 0.1) is 28.6 Å². The Balaban J connectivity index is 1.89. The van der Waals surface area contributed by atoms with E-state index in [1.807, 2.05) is 6.92 Å². The van der Waals surface area contributed by atoms with Gasteiger partial charge in [-0.25, -0.2) is 0 Å². The van der Waals surface area contributed by atoms with Gasteiger partial charge in [-0.3, -0.25) is 9.59 Å². The Bertz CT molecular complexity index is 776. The molecule has 0 aromatic rings. The summed E-state index contributed by atoms with van der Waals surface area (Å²) in [4.78, 5) is 23.2. The van der Waals surface area contributed by atoms with E-state index in [1.54, 1.807) is 13.0 Å². The molecule has 9 atom stereocenters. The highest BCUT2D eigenvalue weighted by Crippen LogP contribution is 2.70. The zero-order chi connectivity index (χ0) is 19.9. The summed E-state index contributed by atoms with van der Waals surface area (Å²) in [6.45, 7) is 5.59. The molecule has 148 valence electrons. The topological polar surface area (TPSA) is 74.6 Å². The number of allylic oxidation sites excluding steroid dienone is 3. The molecule has 4 nitrogen and oxygen atoms in total. The molecule has 4 aliphatic carbocycles. The number of hydrogen-bond acceptors (Lipinski definition) is 4. The van der Waals surface area contributed by atoms with Crippen molar-refractivity contribution in [2.45, 2.75) is 62.5 Å². The summed E-state index contributed by atoms with van der Waals surface area (Å²) < 4.78 is 0. The van der Waals surface area contributed by atoms with E-state index in [9.17, 15) is 19.8 Å². The lowest BCUT2D eigenvalue weighted by Crippen LogP contribution is -2.71. The summed E-state index contributed by atoms with van der Waals surface area (Å²) in [6.07, 6.45) is 4.39. The fraction of sp³-hybridized carbons (Fsp3) is 0.714. The summed E-state index contributed by atoms with van der Waals surface area (Å²) in [6, 6.07) is 0. The van der Waals surface area contributed by atoms with Gasteiger partial charge in [0.2, 0.25) is 0 Å². The number of ketones is 2. The van der Waals surface area contributed by atoms with E-state index in [0.717, 1.165) is 12.8 Å². The van der Waals surface area contributed by atoms with Gasteiger partial charge in [0.1, 0.15) is 11.9 Å². The van der Waals surface area contributed by atoms with Crippen LogP contribution in [0.15, 0.2) is 23.8 Å². The number of Topliss-reactive ketones (excluding diaryl/α,β-unsaturated/α-hetero) is 1. The van der Waals surface area contributed by atoms with Crippen LogP contribution in [0.3, 0.4) is 0 Å². The lowest BCUT2D eigenvalue weighted by molar-refractivity contribution is -0.137. The van der Waals surface area contributed by atoms with Crippen molar-refractivity contribution >= 4 is 34.8 Å². The van der Waals surface area contributed by atoms with E-state index < -0.39 is 33.8 Å². The highest BCUT2D eigenvalue weighted by Gasteiger charge is 2.72. The van der Waals surface area contributed by atoms with Gasteiger partial charge in [-0.2, -0.15) is 0 Å². The van der Waals surface area contributed by atoms with Crippen molar-refractivity contribution in [2.75, 3.05) is 0 Å². The van der Waals surface area contributed by atoms with Crippen molar-refractivity contribution in [2.24, 2.45) is 28.6 Å². The van der Waals surface area contributed by atoms with E-state index >= 15 is 0 Å². The number of aliphatic hydroxyl groups is 2. The number of fused-ring (bicyclic) bond motifs is 5. The first-order chi connectivity index (χ1) is 12.5. The van der Waals surface area contributed by atoms with Crippen molar-refractivity contribution in [1.29, 1.82) is 0 Å². The van der Waals surface area contributed by atoms with Gasteiger partial charge in [-0.15, -0.1) is 23.2 Å². The van der Waals surface area contributed by atoms with E-state index in [2.05, 4.69) is 6.92 Å². The Morgan fingerprint density at radius 3 is 2.56 bits per heavy atom. The molecule has 6 heteroatoms. The van der Waals surface area contributed by atoms with Crippen molar-refractivity contribution in [3.05, 3.63) is 23.8 Å². The minimum atomic E-state index is -1.18. The minimum absolute atomic E-state index is 0.0204. The zero-order valence-electron chi connectivity index (χ0n) is 15.8. The van der Waals surface area contributed by atoms with Gasteiger partial charge in [-0.1, -0.05) is 19.9 Å². The molecule has 0 bridgehead atoms. The second-order valence-corrected chi connectivity index (χ2v) is 10.4. The Kier molecular flexibility index (Phi) is 4.30. The molecule has 0 aromatic heterocycles. The third kappa shape index (κ3) is 2.24. The number of aliphatic hydroxyl groups excluding tert-OH is 2. The fourth-order valence-corrected chi connectivity index (χ4v) is 8.06. The molecular formula is C21H26Cl2O4. The molecule has 4 rings (SSSR count). The highest BCUT2D eigenvalue weighted by molar-refractivity contribution is 6.34. The number of halogens is 2. The normalized spacial score (nSPS) is 54.0. The molecule has 0 heterocycles. The summed E-state index contributed by atoms with van der Waals surface area (Å²) >= 11 is 14.2. The number of carbonyl (C=O) groups is 2. The smallest absolute Gasteiger partial charge is 0.178 e. The van der Waals surface area contributed by atoms with Crippen LogP contribution >= 0.6 is 23.2 Å². The van der Waals surface area contributed by atoms with E-state index in [0.29, 0.717) is 12.0 Å². The lowest BCUT2D eigenvalue weighted by atomic mass is 9.45. The van der Waals surface area contributed by atoms with Gasteiger partial charge in [0.15, 0.2) is 5.78 Å². The molecule has 4 aliphatic rings. The highest BCUT2D eigenvalue weighted by atomic mass is 35.5. The third-order valence-electron chi connectivity index (χ3n) is 8.18. The van der Waals surface area contributed by atoms with E-state index in [4.69, 9.17) is 23.2 Å². The SMILES string of the molecule is CC(=O)[C@H]1CC[C@H]2[C@@H]3C(O)C(O)C4=CC(=O)C=C[C@]4(C)[C@@]3(Cl)C(Cl)C[C@]12C. The molecule has 27 heavy (non-hydrogen) atoms. The lowest BCUT2D eigenvalue weighted by Gasteiger charge is -2.65. The molecule has 3 saturated carbocycles. The predicted octanol–water partition coefficient (Wildman–Crippen LogP) is 3.02. The maximum Gasteiger partial charge on any atom is 0.178 e. The maximum absolute atomic E-state index is 12.3. The first-order valence-corrected chi connectivity index (χ1v) is 10.4. The average Bonchev–Trinajstić information content (AvgIpc) is 2.92. The molecule has 0 aliphatic heterocycles. The number of carbonyl (C=O) groups excluding carboxylic acids is 2. The second-order valence-electron chi connectivity index (χ2n) is 9.29. The van der Waals surface area contributed by atoms with Gasteiger partial charge in [-0.05, 0) is 55.2 Å². The van der Waals surface area contributed by atoms with Gasteiger partial charge < -0.3 is 10.2 Å². The summed E-state index contributed by atoms with van der Waals surface area (Å²) in [7, 11) is 0. The Morgan fingerprint density at radius 1 is 1.26 bits per heavy atom. The van der Waals surface area contributed by atoms with Crippen LogP contribution in [0.25, 0.3) is 0 Å². The Morgan fingerprint density at radius 2 is 1.93 bits per heavy atom. The predicted molar refractivity (Wildman–Crippen MR) is 104 cm³/mol. The summed E-state index contributed by atoms with van der Waals surface area (Å²) in [5, 5.41) is 21.5. The fourth-order valence-electron chi connectivity index (χ4n) is 6.83. The van der Waals surface area contributed by atoms with Crippen molar-refractivity contribution < 1.29 is 19.8 Å². The first kappa shape index (κ1) is 19.6. The first-order valence-electron chi connectivity index (χ1n) is 9.63. The molecule has 2 N–H and O–H groups in total. The Hall–Kier alpha value is -0.680. The third-order valence-corrected chi connectivity index (χ3v) is 9.70. The van der Waals surface area contributed by atoms with Gasteiger partial charge in [0.05, 0.1) is 16.4 Å². The van der Waals surface area contributed by atoms with Crippen LogP contribution in [-0.2, 0) is 9.59 Å².